The van der Waals surface area contributed by atoms with Gasteiger partial charge in [0.15, 0.2) is 0 Å². The molecule has 0 spiro atoms. The molecular weight excluding hydrogens is 336 g/mol. The summed E-state index contributed by atoms with van der Waals surface area (Å²) < 4.78 is 11.7. The number of fused-ring (bicyclic) bond motifs is 1. The van der Waals surface area contributed by atoms with Crippen LogP contribution < -0.4 is 20.5 Å². The zero-order valence-corrected chi connectivity index (χ0v) is 12.8. The molecule has 21 heavy (non-hydrogen) atoms. The van der Waals surface area contributed by atoms with Gasteiger partial charge in [-0.25, -0.2) is 0 Å². The molecule has 0 bridgehead atoms. The van der Waals surface area contributed by atoms with E-state index in [9.17, 15) is 4.79 Å². The van der Waals surface area contributed by atoms with Gasteiger partial charge in [-0.3, -0.25) is 4.79 Å². The first-order valence-corrected chi connectivity index (χ1v) is 7.09. The van der Waals surface area contributed by atoms with E-state index >= 15 is 0 Å². The molecule has 6 heteroatoms. The second kappa shape index (κ2) is 5.38. The average molecular weight is 349 g/mol. The van der Waals surface area contributed by atoms with E-state index in [1.807, 2.05) is 12.1 Å². The quantitative estimate of drug-likeness (QED) is 0.893. The molecule has 1 heterocycles. The van der Waals surface area contributed by atoms with E-state index in [-0.39, 0.29) is 5.91 Å². The van der Waals surface area contributed by atoms with E-state index in [2.05, 4.69) is 21.2 Å². The Morgan fingerprint density at radius 1 is 1.19 bits per heavy atom. The van der Waals surface area contributed by atoms with Crippen molar-refractivity contribution in [2.75, 3.05) is 12.4 Å². The van der Waals surface area contributed by atoms with Gasteiger partial charge in [-0.15, -0.1) is 0 Å². The molecule has 0 saturated heterocycles. The van der Waals surface area contributed by atoms with Gasteiger partial charge in [-0.2, -0.15) is 0 Å². The molecule has 3 rings (SSSR count). The van der Waals surface area contributed by atoms with Gasteiger partial charge in [0.2, 0.25) is 5.91 Å². The Hall–Kier alpha value is -2.05. The van der Waals surface area contributed by atoms with E-state index in [1.165, 1.54) is 0 Å². The molecule has 3 N–H and O–H groups in total. The van der Waals surface area contributed by atoms with Gasteiger partial charge in [-0.1, -0.05) is 6.07 Å². The van der Waals surface area contributed by atoms with Crippen molar-refractivity contribution in [3.63, 3.8) is 0 Å². The lowest BCUT2D eigenvalue weighted by Gasteiger charge is -2.10. The van der Waals surface area contributed by atoms with E-state index in [1.54, 1.807) is 31.4 Å². The summed E-state index contributed by atoms with van der Waals surface area (Å²) in [4.78, 5) is 11.5. The highest BCUT2D eigenvalue weighted by Crippen LogP contribution is 2.36. The Bertz CT molecular complexity index is 718. The van der Waals surface area contributed by atoms with Crippen molar-refractivity contribution in [2.24, 2.45) is 5.73 Å². The van der Waals surface area contributed by atoms with Crippen molar-refractivity contribution in [1.82, 2.24) is 0 Å². The van der Waals surface area contributed by atoms with Gasteiger partial charge < -0.3 is 20.5 Å². The molecule has 2 aromatic rings. The van der Waals surface area contributed by atoms with Crippen molar-refractivity contribution in [3.8, 4) is 17.2 Å². The molecule has 1 unspecified atom stereocenters. The summed E-state index contributed by atoms with van der Waals surface area (Å²) >= 11 is 3.43. The monoisotopic (exact) mass is 348 g/mol. The van der Waals surface area contributed by atoms with Crippen LogP contribution in [0.25, 0.3) is 0 Å². The van der Waals surface area contributed by atoms with Crippen molar-refractivity contribution in [3.05, 3.63) is 46.4 Å². The Balaban J connectivity index is 1.87. The highest BCUT2D eigenvalue weighted by molar-refractivity contribution is 9.10. The minimum atomic E-state index is -0.609. The fourth-order valence-electron chi connectivity index (χ4n) is 2.15. The number of benzene rings is 2. The number of hydrogen-bond donors (Lipinski definition) is 2. The standard InChI is InChI=1S/C15H13BrN2O3/c1-20-8-3-5-13(11(16)6-8)21-9-2-4-10-12(7-9)18-15(19)14(10)17/h2-7,14H,17H2,1H3,(H,18,19). The Labute approximate surface area is 130 Å². The first kappa shape index (κ1) is 13.9. The third kappa shape index (κ3) is 2.59. The second-order valence-electron chi connectivity index (χ2n) is 4.61. The summed E-state index contributed by atoms with van der Waals surface area (Å²) in [7, 11) is 1.61. The number of rotatable bonds is 3. The molecule has 1 aliphatic rings. The van der Waals surface area contributed by atoms with Crippen LogP contribution in [0.2, 0.25) is 0 Å². The molecule has 0 aliphatic carbocycles. The van der Waals surface area contributed by atoms with Gasteiger partial charge in [0.05, 0.1) is 11.6 Å². The molecule has 1 aliphatic heterocycles. The van der Waals surface area contributed by atoms with Crippen LogP contribution in [-0.2, 0) is 4.79 Å². The second-order valence-corrected chi connectivity index (χ2v) is 5.47. The highest BCUT2D eigenvalue weighted by atomic mass is 79.9. The average Bonchev–Trinajstić information content (AvgIpc) is 2.76. The number of carbonyl (C=O) groups is 1. The topological polar surface area (TPSA) is 73.6 Å². The van der Waals surface area contributed by atoms with Crippen LogP contribution in [0.1, 0.15) is 11.6 Å². The Kier molecular flexibility index (Phi) is 3.57. The molecule has 0 saturated carbocycles. The van der Waals surface area contributed by atoms with Crippen molar-refractivity contribution in [1.29, 1.82) is 0 Å². The number of ether oxygens (including phenoxy) is 2. The number of hydrogen-bond acceptors (Lipinski definition) is 4. The predicted molar refractivity (Wildman–Crippen MR) is 82.8 cm³/mol. The van der Waals surface area contributed by atoms with Gasteiger partial charge in [0.25, 0.3) is 0 Å². The summed E-state index contributed by atoms with van der Waals surface area (Å²) in [5, 5.41) is 2.73. The van der Waals surface area contributed by atoms with Gasteiger partial charge in [-0.05, 0) is 40.2 Å². The summed E-state index contributed by atoms with van der Waals surface area (Å²) in [5.74, 6) is 1.81. The lowest BCUT2D eigenvalue weighted by Crippen LogP contribution is -2.19. The lowest BCUT2D eigenvalue weighted by molar-refractivity contribution is -0.116. The largest absolute Gasteiger partial charge is 0.497 e. The van der Waals surface area contributed by atoms with E-state index < -0.39 is 6.04 Å². The van der Waals surface area contributed by atoms with Crippen molar-refractivity contribution in [2.45, 2.75) is 6.04 Å². The molecule has 0 fully saturated rings. The lowest BCUT2D eigenvalue weighted by atomic mass is 10.1. The Morgan fingerprint density at radius 2 is 1.95 bits per heavy atom. The minimum Gasteiger partial charge on any atom is -0.497 e. The Morgan fingerprint density at radius 3 is 2.67 bits per heavy atom. The molecule has 5 nitrogen and oxygen atoms in total. The third-order valence-corrected chi connectivity index (χ3v) is 3.89. The van der Waals surface area contributed by atoms with Crippen LogP contribution in [0.4, 0.5) is 5.69 Å². The predicted octanol–water partition coefficient (Wildman–Crippen LogP) is 3.20. The molecule has 1 atom stereocenters. The smallest absolute Gasteiger partial charge is 0.245 e. The SMILES string of the molecule is COc1ccc(Oc2ccc3c(c2)NC(=O)C3N)c(Br)c1. The maximum absolute atomic E-state index is 11.5. The van der Waals surface area contributed by atoms with Crippen LogP contribution in [0.5, 0.6) is 17.2 Å². The van der Waals surface area contributed by atoms with Crippen molar-refractivity contribution < 1.29 is 14.3 Å². The summed E-state index contributed by atoms with van der Waals surface area (Å²) in [6.07, 6.45) is 0. The normalized spacial score (nSPS) is 16.3. The van der Waals surface area contributed by atoms with Crippen molar-refractivity contribution >= 4 is 27.5 Å². The molecule has 0 aromatic heterocycles. The van der Waals surface area contributed by atoms with Gasteiger partial charge >= 0.3 is 0 Å². The first-order chi connectivity index (χ1) is 10.1. The van der Waals surface area contributed by atoms with Crippen LogP contribution in [0.15, 0.2) is 40.9 Å². The van der Waals surface area contributed by atoms with E-state index in [0.717, 1.165) is 15.8 Å². The van der Waals surface area contributed by atoms with Crippen LogP contribution >= 0.6 is 15.9 Å². The number of halogens is 1. The summed E-state index contributed by atoms with van der Waals surface area (Å²) in [6.45, 7) is 0. The fourth-order valence-corrected chi connectivity index (χ4v) is 2.59. The van der Waals surface area contributed by atoms with Crippen LogP contribution in [0, 0.1) is 0 Å². The van der Waals surface area contributed by atoms with Gasteiger partial charge in [0.1, 0.15) is 23.3 Å². The summed E-state index contributed by atoms with van der Waals surface area (Å²) in [6, 6.07) is 10.2. The zero-order valence-electron chi connectivity index (χ0n) is 11.2. The molecule has 108 valence electrons. The van der Waals surface area contributed by atoms with E-state index in [4.69, 9.17) is 15.2 Å². The third-order valence-electron chi connectivity index (χ3n) is 3.27. The number of carbonyl (C=O) groups excluding carboxylic acids is 1. The van der Waals surface area contributed by atoms with Crippen LogP contribution in [-0.4, -0.2) is 13.0 Å². The van der Waals surface area contributed by atoms with Gasteiger partial charge in [0, 0.05) is 17.3 Å². The molecule has 1 amide bonds. The first-order valence-electron chi connectivity index (χ1n) is 6.30. The number of nitrogens with two attached hydrogens (primary N) is 1. The molecular formula is C15H13BrN2O3. The maximum Gasteiger partial charge on any atom is 0.245 e. The molecule has 0 radical (unpaired) electrons. The number of methoxy groups -OCH3 is 1. The van der Waals surface area contributed by atoms with E-state index in [0.29, 0.717) is 17.2 Å². The zero-order chi connectivity index (χ0) is 15.0. The maximum atomic E-state index is 11.5. The highest BCUT2D eigenvalue weighted by Gasteiger charge is 2.27. The minimum absolute atomic E-state index is 0.201. The fraction of sp³-hybridized carbons (Fsp3) is 0.133. The summed E-state index contributed by atoms with van der Waals surface area (Å²) in [5.41, 5.74) is 7.24. The number of amides is 1. The number of nitrogens with one attached hydrogen (secondary N) is 1. The molecule has 2 aromatic carbocycles. The van der Waals surface area contributed by atoms with Crippen LogP contribution in [0.3, 0.4) is 0 Å². The number of anilines is 1.